The molecule has 0 saturated heterocycles. The lowest BCUT2D eigenvalue weighted by Crippen LogP contribution is -2.29. The fourth-order valence-electron chi connectivity index (χ4n) is 1.64. The summed E-state index contributed by atoms with van der Waals surface area (Å²) in [6.45, 7) is 0.146. The van der Waals surface area contributed by atoms with Gasteiger partial charge in [-0.05, 0) is 12.1 Å². The molecular formula is C11H12ClN3O4S. The lowest BCUT2D eigenvalue weighted by atomic mass is 10.2. The molecular weight excluding hydrogens is 306 g/mol. The van der Waals surface area contributed by atoms with Crippen molar-refractivity contribution in [2.75, 3.05) is 12.8 Å². The molecule has 0 aliphatic carbocycles. The number of aromatic nitrogens is 2. The van der Waals surface area contributed by atoms with Crippen molar-refractivity contribution < 1.29 is 12.9 Å². The van der Waals surface area contributed by atoms with Crippen molar-refractivity contribution in [3.63, 3.8) is 0 Å². The van der Waals surface area contributed by atoms with E-state index in [-0.39, 0.29) is 18.9 Å². The van der Waals surface area contributed by atoms with E-state index in [0.29, 0.717) is 10.6 Å². The Morgan fingerprint density at radius 2 is 2.10 bits per heavy atom. The standard InChI is InChI=1S/C11H12ClN3O4S/c1-20(17,18)13-6-7-15-10(14-19-11(15)16)8-4-2-3-5-9(8)12/h2-5,13H,6-7H2,1H3. The average molecular weight is 318 g/mol. The minimum absolute atomic E-state index is 0.0530. The second-order valence-corrected chi connectivity index (χ2v) is 6.31. The van der Waals surface area contributed by atoms with Gasteiger partial charge in [0.05, 0.1) is 11.3 Å². The second-order valence-electron chi connectivity index (χ2n) is 4.07. The SMILES string of the molecule is CS(=O)(=O)NCCn1c(-c2ccccc2Cl)noc1=O. The molecule has 1 aromatic heterocycles. The van der Waals surface area contributed by atoms with Crippen LogP contribution in [0.1, 0.15) is 0 Å². The number of sulfonamides is 1. The summed E-state index contributed by atoms with van der Waals surface area (Å²) in [5, 5.41) is 4.10. The average Bonchev–Trinajstić information content (AvgIpc) is 2.70. The Bertz CT molecular complexity index is 766. The Balaban J connectivity index is 2.29. The largest absolute Gasteiger partial charge is 0.441 e. The molecule has 20 heavy (non-hydrogen) atoms. The maximum absolute atomic E-state index is 11.6. The van der Waals surface area contributed by atoms with Crippen LogP contribution >= 0.6 is 11.6 Å². The van der Waals surface area contributed by atoms with E-state index in [9.17, 15) is 13.2 Å². The lowest BCUT2D eigenvalue weighted by Gasteiger charge is -2.06. The summed E-state index contributed by atoms with van der Waals surface area (Å²) in [4.78, 5) is 11.6. The Morgan fingerprint density at radius 1 is 1.40 bits per heavy atom. The normalized spacial score (nSPS) is 11.7. The highest BCUT2D eigenvalue weighted by molar-refractivity contribution is 7.88. The molecule has 0 amide bonds. The quantitative estimate of drug-likeness (QED) is 0.876. The number of halogens is 1. The Kier molecular flexibility index (Phi) is 4.26. The third kappa shape index (κ3) is 3.47. The van der Waals surface area contributed by atoms with Gasteiger partial charge in [-0.25, -0.2) is 17.9 Å². The molecule has 9 heteroatoms. The highest BCUT2D eigenvalue weighted by Crippen LogP contribution is 2.24. The van der Waals surface area contributed by atoms with Crippen molar-refractivity contribution in [3.8, 4) is 11.4 Å². The molecule has 0 fully saturated rings. The first-order valence-electron chi connectivity index (χ1n) is 5.64. The summed E-state index contributed by atoms with van der Waals surface area (Å²) in [7, 11) is -3.32. The van der Waals surface area contributed by atoms with E-state index in [1.54, 1.807) is 24.3 Å². The zero-order valence-corrected chi connectivity index (χ0v) is 12.1. The van der Waals surface area contributed by atoms with Gasteiger partial charge in [0.1, 0.15) is 0 Å². The van der Waals surface area contributed by atoms with Crippen molar-refractivity contribution in [3.05, 3.63) is 39.8 Å². The first-order chi connectivity index (χ1) is 9.38. The van der Waals surface area contributed by atoms with E-state index < -0.39 is 15.8 Å². The number of nitrogens with one attached hydrogen (secondary N) is 1. The number of benzene rings is 1. The topological polar surface area (TPSA) is 94.2 Å². The molecule has 0 unspecified atom stereocenters. The van der Waals surface area contributed by atoms with E-state index in [0.717, 1.165) is 6.26 Å². The van der Waals surface area contributed by atoms with Gasteiger partial charge in [0, 0.05) is 18.7 Å². The molecule has 2 rings (SSSR count). The molecule has 0 aliphatic heterocycles. The van der Waals surface area contributed by atoms with Crippen molar-refractivity contribution in [2.45, 2.75) is 6.54 Å². The molecule has 1 heterocycles. The molecule has 0 spiro atoms. The van der Waals surface area contributed by atoms with Gasteiger partial charge < -0.3 is 0 Å². The van der Waals surface area contributed by atoms with Crippen LogP contribution in [-0.2, 0) is 16.6 Å². The number of nitrogens with zero attached hydrogens (tertiary/aromatic N) is 2. The molecule has 0 atom stereocenters. The van der Waals surface area contributed by atoms with Crippen molar-refractivity contribution in [1.82, 2.24) is 14.4 Å². The molecule has 108 valence electrons. The molecule has 7 nitrogen and oxygen atoms in total. The van der Waals surface area contributed by atoms with Gasteiger partial charge in [-0.1, -0.05) is 28.9 Å². The summed E-state index contributed by atoms with van der Waals surface area (Å²) in [6.07, 6.45) is 1.04. The predicted molar refractivity (Wildman–Crippen MR) is 74.1 cm³/mol. The van der Waals surface area contributed by atoms with Crippen molar-refractivity contribution in [2.24, 2.45) is 0 Å². The van der Waals surface area contributed by atoms with Crippen LogP contribution in [0.2, 0.25) is 5.02 Å². The van der Waals surface area contributed by atoms with E-state index in [4.69, 9.17) is 11.6 Å². The molecule has 1 aromatic carbocycles. The highest BCUT2D eigenvalue weighted by Gasteiger charge is 2.15. The van der Waals surface area contributed by atoms with Gasteiger partial charge in [0.25, 0.3) is 0 Å². The van der Waals surface area contributed by atoms with Gasteiger partial charge in [-0.3, -0.25) is 9.09 Å². The molecule has 0 radical (unpaired) electrons. The molecule has 0 saturated carbocycles. The van der Waals surface area contributed by atoms with Crippen LogP contribution in [0.25, 0.3) is 11.4 Å². The Labute approximate surface area is 120 Å². The first-order valence-corrected chi connectivity index (χ1v) is 7.91. The first kappa shape index (κ1) is 14.8. The zero-order chi connectivity index (χ0) is 14.8. The van der Waals surface area contributed by atoms with Crippen LogP contribution in [0.4, 0.5) is 0 Å². The van der Waals surface area contributed by atoms with E-state index in [2.05, 4.69) is 14.4 Å². The van der Waals surface area contributed by atoms with Gasteiger partial charge in [0.15, 0.2) is 5.82 Å². The predicted octanol–water partition coefficient (Wildman–Crippen LogP) is 0.706. The fourth-order valence-corrected chi connectivity index (χ4v) is 2.33. The van der Waals surface area contributed by atoms with E-state index in [1.807, 2.05) is 0 Å². The Hall–Kier alpha value is -1.64. The minimum Gasteiger partial charge on any atom is -0.295 e. The smallest absolute Gasteiger partial charge is 0.295 e. The summed E-state index contributed by atoms with van der Waals surface area (Å²) < 4.78 is 30.1. The van der Waals surface area contributed by atoms with E-state index in [1.165, 1.54) is 4.57 Å². The second kappa shape index (κ2) is 5.78. The minimum atomic E-state index is -3.32. The van der Waals surface area contributed by atoms with Crippen LogP contribution in [0.15, 0.2) is 33.6 Å². The summed E-state index contributed by atoms with van der Waals surface area (Å²) >= 11 is 6.04. The van der Waals surface area contributed by atoms with Crippen LogP contribution < -0.4 is 10.5 Å². The van der Waals surface area contributed by atoms with Crippen LogP contribution in [0, 0.1) is 0 Å². The third-order valence-electron chi connectivity index (χ3n) is 2.50. The maximum atomic E-state index is 11.6. The number of hydrogen-bond acceptors (Lipinski definition) is 5. The third-order valence-corrected chi connectivity index (χ3v) is 3.56. The molecule has 2 aromatic rings. The molecule has 0 bridgehead atoms. The molecule has 1 N–H and O–H groups in total. The Morgan fingerprint density at radius 3 is 2.75 bits per heavy atom. The lowest BCUT2D eigenvalue weighted by molar-refractivity contribution is 0.376. The maximum Gasteiger partial charge on any atom is 0.441 e. The van der Waals surface area contributed by atoms with Gasteiger partial charge in [0.2, 0.25) is 10.0 Å². The molecule has 0 aliphatic rings. The van der Waals surface area contributed by atoms with E-state index >= 15 is 0 Å². The van der Waals surface area contributed by atoms with Crippen LogP contribution in [-0.4, -0.2) is 30.9 Å². The van der Waals surface area contributed by atoms with Crippen LogP contribution in [0.5, 0.6) is 0 Å². The zero-order valence-electron chi connectivity index (χ0n) is 10.5. The van der Waals surface area contributed by atoms with Gasteiger partial charge in [-0.15, -0.1) is 0 Å². The fraction of sp³-hybridized carbons (Fsp3) is 0.273. The van der Waals surface area contributed by atoms with Crippen molar-refractivity contribution in [1.29, 1.82) is 0 Å². The summed E-state index contributed by atoms with van der Waals surface area (Å²) in [5.74, 6) is -0.411. The van der Waals surface area contributed by atoms with Gasteiger partial charge in [-0.2, -0.15) is 0 Å². The number of hydrogen-bond donors (Lipinski definition) is 1. The van der Waals surface area contributed by atoms with Crippen LogP contribution in [0.3, 0.4) is 0 Å². The monoisotopic (exact) mass is 317 g/mol. The number of rotatable bonds is 5. The highest BCUT2D eigenvalue weighted by atomic mass is 35.5. The summed E-state index contributed by atoms with van der Waals surface area (Å²) in [6, 6.07) is 6.86. The summed E-state index contributed by atoms with van der Waals surface area (Å²) in [5.41, 5.74) is 0.541. The van der Waals surface area contributed by atoms with Crippen molar-refractivity contribution >= 4 is 21.6 Å². The van der Waals surface area contributed by atoms with Gasteiger partial charge >= 0.3 is 5.76 Å².